The topological polar surface area (TPSA) is 55.1 Å². The number of halogens is 3. The average Bonchev–Trinajstić information content (AvgIpc) is 3.19. The van der Waals surface area contributed by atoms with Gasteiger partial charge in [0.15, 0.2) is 0 Å². The molecule has 0 spiro atoms. The van der Waals surface area contributed by atoms with Crippen molar-refractivity contribution in [3.63, 3.8) is 0 Å². The fraction of sp³-hybridized carbons (Fsp3) is 0.462. The average molecular weight is 323 g/mol. The van der Waals surface area contributed by atoms with Crippen molar-refractivity contribution < 1.29 is 13.6 Å². The van der Waals surface area contributed by atoms with E-state index in [9.17, 15) is 13.6 Å². The molecule has 1 aromatic carbocycles. The molecule has 3 nitrogen and oxygen atoms in total. The minimum atomic E-state index is -2.54. The van der Waals surface area contributed by atoms with Crippen molar-refractivity contribution in [2.24, 2.45) is 11.7 Å². The molecule has 0 saturated heterocycles. The minimum absolute atomic E-state index is 0. The van der Waals surface area contributed by atoms with Gasteiger partial charge in [-0.05, 0) is 30.9 Å². The Morgan fingerprint density at radius 2 is 2.05 bits per heavy atom. The van der Waals surface area contributed by atoms with E-state index in [4.69, 9.17) is 5.73 Å². The molecule has 7 heteroatoms. The zero-order valence-corrected chi connectivity index (χ0v) is 12.4. The number of alkyl halides is 2. The summed E-state index contributed by atoms with van der Waals surface area (Å²) >= 11 is 0.381. The number of carbonyl (C=O) groups excluding carboxylic acids is 1. The molecular formula is C13H17ClF2N2OS. The first-order chi connectivity index (χ1) is 9.08. The van der Waals surface area contributed by atoms with Crippen LogP contribution in [0.1, 0.15) is 23.2 Å². The van der Waals surface area contributed by atoms with Gasteiger partial charge in [-0.1, -0.05) is 23.9 Å². The zero-order chi connectivity index (χ0) is 13.8. The van der Waals surface area contributed by atoms with Crippen molar-refractivity contribution >= 4 is 30.1 Å². The first-order valence-electron chi connectivity index (χ1n) is 6.15. The second-order valence-electron chi connectivity index (χ2n) is 4.59. The van der Waals surface area contributed by atoms with E-state index < -0.39 is 5.76 Å². The maximum absolute atomic E-state index is 12.4. The van der Waals surface area contributed by atoms with E-state index in [2.05, 4.69) is 5.32 Å². The zero-order valence-electron chi connectivity index (χ0n) is 10.7. The van der Waals surface area contributed by atoms with Gasteiger partial charge in [0.2, 0.25) is 0 Å². The Bertz CT molecular complexity index is 458. The highest BCUT2D eigenvalue weighted by molar-refractivity contribution is 7.99. The third-order valence-electron chi connectivity index (χ3n) is 3.07. The Hall–Kier alpha value is -0.850. The summed E-state index contributed by atoms with van der Waals surface area (Å²) < 4.78 is 24.8. The second-order valence-corrected chi connectivity index (χ2v) is 5.62. The summed E-state index contributed by atoms with van der Waals surface area (Å²) in [5.41, 5.74) is 6.16. The van der Waals surface area contributed by atoms with E-state index >= 15 is 0 Å². The molecule has 1 aromatic rings. The van der Waals surface area contributed by atoms with E-state index in [0.29, 0.717) is 24.2 Å². The standard InChI is InChI=1S/C13H16F2N2OS.ClH/c14-13(15)19-11-4-2-1-3-9(11)12(18)17-7-10(16)8-5-6-8;/h1-4,8,10,13H,5-7,16H2,(H,17,18);1H. The minimum Gasteiger partial charge on any atom is -0.350 e. The summed E-state index contributed by atoms with van der Waals surface area (Å²) in [5.74, 6) is -2.39. The van der Waals surface area contributed by atoms with E-state index in [1.807, 2.05) is 0 Å². The molecule has 20 heavy (non-hydrogen) atoms. The molecule has 1 atom stereocenters. The number of hydrogen-bond donors (Lipinski definition) is 2. The molecule has 0 radical (unpaired) electrons. The number of carbonyl (C=O) groups is 1. The van der Waals surface area contributed by atoms with Gasteiger partial charge in [0.1, 0.15) is 0 Å². The Morgan fingerprint density at radius 1 is 1.40 bits per heavy atom. The van der Waals surface area contributed by atoms with E-state index in [-0.39, 0.29) is 34.8 Å². The van der Waals surface area contributed by atoms with Crippen LogP contribution in [0.25, 0.3) is 0 Å². The predicted molar refractivity (Wildman–Crippen MR) is 78.6 cm³/mol. The second kappa shape index (κ2) is 7.81. The van der Waals surface area contributed by atoms with Crippen LogP contribution in [-0.4, -0.2) is 24.3 Å². The smallest absolute Gasteiger partial charge is 0.288 e. The first kappa shape index (κ1) is 17.2. The van der Waals surface area contributed by atoms with E-state index in [1.54, 1.807) is 18.2 Å². The van der Waals surface area contributed by atoms with Crippen LogP contribution in [0.5, 0.6) is 0 Å². The van der Waals surface area contributed by atoms with Gasteiger partial charge >= 0.3 is 0 Å². The summed E-state index contributed by atoms with van der Waals surface area (Å²) in [5, 5.41) is 2.71. The molecular weight excluding hydrogens is 306 g/mol. The van der Waals surface area contributed by atoms with Crippen molar-refractivity contribution in [2.75, 3.05) is 6.54 Å². The Labute approximate surface area is 127 Å². The molecule has 3 N–H and O–H groups in total. The van der Waals surface area contributed by atoms with Gasteiger partial charge in [-0.2, -0.15) is 8.78 Å². The number of thioether (sulfide) groups is 1. The quantitative estimate of drug-likeness (QED) is 0.792. The maximum Gasteiger partial charge on any atom is 0.288 e. The Kier molecular flexibility index (Phi) is 6.71. The molecule has 1 saturated carbocycles. The maximum atomic E-state index is 12.4. The summed E-state index contributed by atoms with van der Waals surface area (Å²) in [6.07, 6.45) is 2.21. The number of nitrogens with two attached hydrogens (primary N) is 1. The summed E-state index contributed by atoms with van der Waals surface area (Å²) in [6, 6.07) is 6.32. The molecule has 0 heterocycles. The van der Waals surface area contributed by atoms with Crippen LogP contribution in [0.15, 0.2) is 29.2 Å². The number of nitrogens with one attached hydrogen (secondary N) is 1. The fourth-order valence-electron chi connectivity index (χ4n) is 1.85. The highest BCUT2D eigenvalue weighted by atomic mass is 35.5. The van der Waals surface area contributed by atoms with Gasteiger partial charge < -0.3 is 11.1 Å². The van der Waals surface area contributed by atoms with Gasteiger partial charge in [-0.25, -0.2) is 0 Å². The lowest BCUT2D eigenvalue weighted by Crippen LogP contribution is -2.38. The molecule has 1 unspecified atom stereocenters. The lowest BCUT2D eigenvalue weighted by atomic mass is 10.2. The van der Waals surface area contributed by atoms with Crippen LogP contribution in [0.4, 0.5) is 8.78 Å². The van der Waals surface area contributed by atoms with E-state index in [1.165, 1.54) is 6.07 Å². The van der Waals surface area contributed by atoms with Crippen molar-refractivity contribution in [1.29, 1.82) is 0 Å². The van der Waals surface area contributed by atoms with Crippen LogP contribution in [0.2, 0.25) is 0 Å². The summed E-state index contributed by atoms with van der Waals surface area (Å²) in [4.78, 5) is 12.3. The highest BCUT2D eigenvalue weighted by Gasteiger charge is 2.28. The molecule has 0 aromatic heterocycles. The van der Waals surface area contributed by atoms with Gasteiger partial charge in [-0.15, -0.1) is 12.4 Å². The van der Waals surface area contributed by atoms with Gasteiger partial charge in [0, 0.05) is 17.5 Å². The molecule has 112 valence electrons. The van der Waals surface area contributed by atoms with Crippen LogP contribution in [0.3, 0.4) is 0 Å². The van der Waals surface area contributed by atoms with Crippen LogP contribution in [-0.2, 0) is 0 Å². The molecule has 0 bridgehead atoms. The predicted octanol–water partition coefficient (Wildman–Crippen LogP) is 2.89. The first-order valence-corrected chi connectivity index (χ1v) is 7.03. The van der Waals surface area contributed by atoms with Gasteiger partial charge in [0.25, 0.3) is 11.7 Å². The SMILES string of the molecule is Cl.NC(CNC(=O)c1ccccc1SC(F)F)C1CC1. The van der Waals surface area contributed by atoms with Crippen LogP contribution < -0.4 is 11.1 Å². The van der Waals surface area contributed by atoms with Crippen molar-refractivity contribution in [1.82, 2.24) is 5.32 Å². The molecule has 0 aliphatic heterocycles. The monoisotopic (exact) mass is 322 g/mol. The lowest BCUT2D eigenvalue weighted by molar-refractivity contribution is 0.0947. The molecule has 1 amide bonds. The molecule has 1 aliphatic carbocycles. The van der Waals surface area contributed by atoms with Gasteiger partial charge in [0.05, 0.1) is 5.56 Å². The molecule has 1 fully saturated rings. The van der Waals surface area contributed by atoms with Crippen molar-refractivity contribution in [2.45, 2.75) is 29.5 Å². The summed E-state index contributed by atoms with van der Waals surface area (Å²) in [6.45, 7) is 0.386. The van der Waals surface area contributed by atoms with Crippen molar-refractivity contribution in [3.05, 3.63) is 29.8 Å². The third-order valence-corrected chi connectivity index (χ3v) is 3.86. The summed E-state index contributed by atoms with van der Waals surface area (Å²) in [7, 11) is 0. The van der Waals surface area contributed by atoms with Gasteiger partial charge in [-0.3, -0.25) is 4.79 Å². The molecule has 2 rings (SSSR count). The largest absolute Gasteiger partial charge is 0.350 e. The number of rotatable bonds is 6. The van der Waals surface area contributed by atoms with Crippen molar-refractivity contribution in [3.8, 4) is 0 Å². The Morgan fingerprint density at radius 3 is 2.65 bits per heavy atom. The highest BCUT2D eigenvalue weighted by Crippen LogP contribution is 2.31. The lowest BCUT2D eigenvalue weighted by Gasteiger charge is -2.13. The van der Waals surface area contributed by atoms with E-state index in [0.717, 1.165) is 12.8 Å². The Balaban J connectivity index is 0.00000200. The third kappa shape index (κ3) is 4.92. The fourth-order valence-corrected chi connectivity index (χ4v) is 2.49. The van der Waals surface area contributed by atoms with Crippen LogP contribution >= 0.6 is 24.2 Å². The number of benzene rings is 1. The normalized spacial score (nSPS) is 15.6. The molecule has 1 aliphatic rings. The van der Waals surface area contributed by atoms with Crippen LogP contribution in [0, 0.1) is 5.92 Å². The number of hydrogen-bond acceptors (Lipinski definition) is 3. The number of amides is 1.